The van der Waals surface area contributed by atoms with Crippen LogP contribution in [0.1, 0.15) is 92.1 Å². The summed E-state index contributed by atoms with van der Waals surface area (Å²) in [7, 11) is 0. The topological polar surface area (TPSA) is 84.0 Å². The third-order valence-corrected chi connectivity index (χ3v) is 7.68. The van der Waals surface area contributed by atoms with E-state index in [1.165, 1.54) is 4.90 Å². The predicted octanol–water partition coefficient (Wildman–Crippen LogP) is 4.34. The Morgan fingerprint density at radius 1 is 1.00 bits per heavy atom. The van der Waals surface area contributed by atoms with E-state index in [1.54, 1.807) is 23.1 Å². The van der Waals surface area contributed by atoms with Gasteiger partial charge in [0.25, 0.3) is 17.7 Å². The third kappa shape index (κ3) is 3.74. The Morgan fingerprint density at radius 2 is 1.69 bits per heavy atom. The van der Waals surface area contributed by atoms with E-state index in [1.807, 2.05) is 39.8 Å². The van der Waals surface area contributed by atoms with Gasteiger partial charge in [-0.15, -0.1) is 0 Å². The molecule has 2 aromatic rings. The van der Waals surface area contributed by atoms with Crippen LogP contribution in [-0.2, 0) is 0 Å². The highest BCUT2D eigenvalue weighted by atomic mass is 16.5. The van der Waals surface area contributed by atoms with Crippen molar-refractivity contribution in [3.63, 3.8) is 0 Å². The van der Waals surface area contributed by atoms with Crippen LogP contribution in [0.25, 0.3) is 0 Å². The number of Topliss-reactive ketones (excluding diaryl/α,β-unsaturated/α-hetero) is 1. The number of benzene rings is 2. The summed E-state index contributed by atoms with van der Waals surface area (Å²) in [6.07, 6.45) is 2.09. The van der Waals surface area contributed by atoms with E-state index in [-0.39, 0.29) is 29.5 Å². The van der Waals surface area contributed by atoms with Crippen LogP contribution in [0.2, 0.25) is 0 Å². The SMILES string of the molecule is CCC(C)N1C(=O)c2ccc(C(=O)N3CCC4(CC3)CC(=O)c3cc(C)cc(C)c3O4)cc2C1=O. The van der Waals surface area contributed by atoms with Crippen LogP contribution >= 0.6 is 0 Å². The van der Waals surface area contributed by atoms with Gasteiger partial charge in [0.1, 0.15) is 11.4 Å². The lowest BCUT2D eigenvalue weighted by Gasteiger charge is -2.44. The number of fused-ring (bicyclic) bond motifs is 2. The zero-order chi connectivity index (χ0) is 25.1. The summed E-state index contributed by atoms with van der Waals surface area (Å²) in [6.45, 7) is 8.61. The summed E-state index contributed by atoms with van der Waals surface area (Å²) in [5.41, 5.74) is 3.07. The fourth-order valence-electron chi connectivity index (χ4n) is 5.49. The number of ketones is 1. The minimum Gasteiger partial charge on any atom is -0.486 e. The highest BCUT2D eigenvalue weighted by Crippen LogP contribution is 2.41. The molecule has 0 bridgehead atoms. The maximum atomic E-state index is 13.3. The number of ether oxygens (including phenoxy) is 1. The minimum atomic E-state index is -0.599. The first-order chi connectivity index (χ1) is 16.6. The summed E-state index contributed by atoms with van der Waals surface area (Å²) < 4.78 is 6.44. The van der Waals surface area contributed by atoms with Gasteiger partial charge in [-0.1, -0.05) is 13.0 Å². The van der Waals surface area contributed by atoms with Gasteiger partial charge in [-0.25, -0.2) is 0 Å². The molecule has 2 aromatic carbocycles. The Kier molecular flexibility index (Phi) is 5.54. The fraction of sp³-hybridized carbons (Fsp3) is 0.429. The summed E-state index contributed by atoms with van der Waals surface area (Å²) in [5, 5.41) is 0. The number of carbonyl (C=O) groups excluding carboxylic acids is 4. The molecular formula is C28H30N2O5. The Balaban J connectivity index is 1.32. The van der Waals surface area contributed by atoms with Gasteiger partial charge in [-0.3, -0.25) is 24.1 Å². The van der Waals surface area contributed by atoms with Gasteiger partial charge in [0.05, 0.1) is 23.1 Å². The van der Waals surface area contributed by atoms with Crippen molar-refractivity contribution in [2.45, 2.75) is 65.0 Å². The first kappa shape index (κ1) is 23.3. The number of rotatable bonds is 3. The first-order valence-corrected chi connectivity index (χ1v) is 12.3. The lowest BCUT2D eigenvalue weighted by Crippen LogP contribution is -2.52. The monoisotopic (exact) mass is 474 g/mol. The standard InChI is InChI=1S/C28H30N2O5/c1-5-18(4)30-26(33)20-7-6-19(14-21(20)27(30)34)25(32)29-10-8-28(9-11-29)15-23(31)22-13-16(2)12-17(3)24(22)35-28/h6-7,12-14,18H,5,8-11,15H2,1-4H3. The summed E-state index contributed by atoms with van der Waals surface area (Å²) >= 11 is 0. The van der Waals surface area contributed by atoms with E-state index in [0.717, 1.165) is 11.1 Å². The molecule has 1 atom stereocenters. The molecule has 1 unspecified atom stereocenters. The molecule has 7 heteroatoms. The first-order valence-electron chi connectivity index (χ1n) is 12.3. The maximum absolute atomic E-state index is 13.3. The number of hydrogen-bond donors (Lipinski definition) is 0. The van der Waals surface area contributed by atoms with Gasteiger partial charge in [0.15, 0.2) is 5.78 Å². The lowest BCUT2D eigenvalue weighted by atomic mass is 9.81. The van der Waals surface area contributed by atoms with Crippen LogP contribution in [0, 0.1) is 13.8 Å². The van der Waals surface area contributed by atoms with Gasteiger partial charge in [-0.2, -0.15) is 0 Å². The van der Waals surface area contributed by atoms with E-state index in [0.29, 0.717) is 66.8 Å². The summed E-state index contributed by atoms with van der Waals surface area (Å²) in [5.74, 6) is -0.0721. The van der Waals surface area contributed by atoms with E-state index < -0.39 is 5.60 Å². The summed E-state index contributed by atoms with van der Waals surface area (Å²) in [6, 6.07) is 8.47. The van der Waals surface area contributed by atoms with Crippen molar-refractivity contribution < 1.29 is 23.9 Å². The molecule has 1 saturated heterocycles. The molecule has 3 amide bonds. The molecule has 0 aromatic heterocycles. The number of piperidine rings is 1. The smallest absolute Gasteiger partial charge is 0.261 e. The number of likely N-dealkylation sites (tertiary alicyclic amines) is 1. The number of nitrogens with zero attached hydrogens (tertiary/aromatic N) is 2. The van der Waals surface area contributed by atoms with Gasteiger partial charge < -0.3 is 9.64 Å². The van der Waals surface area contributed by atoms with E-state index in [4.69, 9.17) is 4.74 Å². The average Bonchev–Trinajstić information content (AvgIpc) is 3.09. The van der Waals surface area contributed by atoms with E-state index >= 15 is 0 Å². The highest BCUT2D eigenvalue weighted by Gasteiger charge is 2.44. The Bertz CT molecular complexity index is 1270. The van der Waals surface area contributed by atoms with E-state index in [9.17, 15) is 19.2 Å². The quantitative estimate of drug-likeness (QED) is 0.618. The van der Waals surface area contributed by atoms with Crippen molar-refractivity contribution in [1.82, 2.24) is 9.80 Å². The lowest BCUT2D eigenvalue weighted by molar-refractivity contribution is -0.00621. The number of hydrogen-bond acceptors (Lipinski definition) is 5. The van der Waals surface area contributed by atoms with Crippen molar-refractivity contribution >= 4 is 23.5 Å². The molecule has 1 fully saturated rings. The molecule has 5 rings (SSSR count). The molecule has 0 N–H and O–H groups in total. The maximum Gasteiger partial charge on any atom is 0.261 e. The third-order valence-electron chi connectivity index (χ3n) is 7.68. The van der Waals surface area contributed by atoms with E-state index in [2.05, 4.69) is 0 Å². The number of imide groups is 1. The molecular weight excluding hydrogens is 444 g/mol. The van der Waals surface area contributed by atoms with Gasteiger partial charge in [0.2, 0.25) is 0 Å². The largest absolute Gasteiger partial charge is 0.486 e. The Labute approximate surface area is 205 Å². The molecule has 35 heavy (non-hydrogen) atoms. The highest BCUT2D eigenvalue weighted by molar-refractivity contribution is 6.22. The fourth-order valence-corrected chi connectivity index (χ4v) is 5.49. The molecule has 1 spiro atoms. The second-order valence-electron chi connectivity index (χ2n) is 10.1. The number of carbonyl (C=O) groups is 4. The molecule has 7 nitrogen and oxygen atoms in total. The predicted molar refractivity (Wildman–Crippen MR) is 130 cm³/mol. The Hall–Kier alpha value is -3.48. The molecule has 182 valence electrons. The van der Waals surface area contributed by atoms with Crippen LogP contribution in [0.15, 0.2) is 30.3 Å². The zero-order valence-corrected chi connectivity index (χ0v) is 20.6. The van der Waals surface area contributed by atoms with Gasteiger partial charge >= 0.3 is 0 Å². The molecule has 3 heterocycles. The molecule has 0 radical (unpaired) electrons. The van der Waals surface area contributed by atoms with Crippen LogP contribution in [0.5, 0.6) is 5.75 Å². The number of amides is 3. The normalized spacial score (nSPS) is 19.5. The molecule has 0 saturated carbocycles. The molecule has 0 aliphatic carbocycles. The molecule has 3 aliphatic heterocycles. The average molecular weight is 475 g/mol. The second-order valence-corrected chi connectivity index (χ2v) is 10.1. The van der Waals surface area contributed by atoms with Crippen molar-refractivity contribution in [2.24, 2.45) is 0 Å². The second kappa shape index (κ2) is 8.33. The van der Waals surface area contributed by atoms with Crippen LogP contribution in [-0.4, -0.2) is 58.0 Å². The van der Waals surface area contributed by atoms with Gasteiger partial charge in [0, 0.05) is 37.5 Å². The van der Waals surface area contributed by atoms with Crippen molar-refractivity contribution in [3.05, 3.63) is 63.7 Å². The molecule has 3 aliphatic rings. The number of aryl methyl sites for hydroxylation is 2. The minimum absolute atomic E-state index is 0.0884. The summed E-state index contributed by atoms with van der Waals surface area (Å²) in [4.78, 5) is 54.8. The van der Waals surface area contributed by atoms with Gasteiger partial charge in [-0.05, 0) is 62.6 Å². The van der Waals surface area contributed by atoms with Crippen LogP contribution in [0.4, 0.5) is 0 Å². The van der Waals surface area contributed by atoms with Crippen molar-refractivity contribution in [1.29, 1.82) is 0 Å². The van der Waals surface area contributed by atoms with Crippen LogP contribution < -0.4 is 4.74 Å². The Morgan fingerprint density at radius 3 is 2.37 bits per heavy atom. The van der Waals surface area contributed by atoms with Crippen molar-refractivity contribution in [2.75, 3.05) is 13.1 Å². The van der Waals surface area contributed by atoms with Crippen LogP contribution in [0.3, 0.4) is 0 Å². The van der Waals surface area contributed by atoms with Crippen molar-refractivity contribution in [3.8, 4) is 5.75 Å². The zero-order valence-electron chi connectivity index (χ0n) is 20.6.